The van der Waals surface area contributed by atoms with Crippen molar-refractivity contribution in [2.45, 2.75) is 19.3 Å². The standard InChI is InChI=1S/C18H18N6O/c1-13-4-6-20-17(22-13)15-5-8-23(11-15)18(25)14-2-3-16(21-10-14)24-9-7-19-12-24/h2-4,6-7,9-10,12,15H,5,8,11H2,1H3/t15-/m1/s1. The number of hydrogen-bond acceptors (Lipinski definition) is 5. The molecule has 1 saturated heterocycles. The summed E-state index contributed by atoms with van der Waals surface area (Å²) in [5, 5.41) is 0. The average molecular weight is 334 g/mol. The Kier molecular flexibility index (Phi) is 3.97. The third-order valence-electron chi connectivity index (χ3n) is 4.42. The minimum Gasteiger partial charge on any atom is -0.338 e. The Hall–Kier alpha value is -3.09. The first kappa shape index (κ1) is 15.4. The fraction of sp³-hybridized carbons (Fsp3) is 0.278. The summed E-state index contributed by atoms with van der Waals surface area (Å²) in [5.74, 6) is 1.76. The summed E-state index contributed by atoms with van der Waals surface area (Å²) in [6.45, 7) is 3.31. The molecule has 0 radical (unpaired) electrons. The number of likely N-dealkylation sites (tertiary alicyclic amines) is 1. The number of aryl methyl sites for hydroxylation is 1. The average Bonchev–Trinajstić information content (AvgIpc) is 3.33. The second-order valence-corrected chi connectivity index (χ2v) is 6.17. The van der Waals surface area contributed by atoms with E-state index >= 15 is 0 Å². The maximum absolute atomic E-state index is 12.7. The molecular weight excluding hydrogens is 316 g/mol. The summed E-state index contributed by atoms with van der Waals surface area (Å²) >= 11 is 0. The summed E-state index contributed by atoms with van der Waals surface area (Å²) in [5.41, 5.74) is 1.55. The molecule has 0 N–H and O–H groups in total. The van der Waals surface area contributed by atoms with Crippen molar-refractivity contribution in [1.82, 2.24) is 29.4 Å². The van der Waals surface area contributed by atoms with Crippen LogP contribution in [0.3, 0.4) is 0 Å². The summed E-state index contributed by atoms with van der Waals surface area (Å²) < 4.78 is 1.80. The summed E-state index contributed by atoms with van der Waals surface area (Å²) in [6.07, 6.45) is 9.47. The van der Waals surface area contributed by atoms with Crippen molar-refractivity contribution < 1.29 is 4.79 Å². The van der Waals surface area contributed by atoms with Crippen molar-refractivity contribution in [2.75, 3.05) is 13.1 Å². The van der Waals surface area contributed by atoms with Crippen LogP contribution >= 0.6 is 0 Å². The molecule has 126 valence electrons. The molecule has 1 aliphatic heterocycles. The van der Waals surface area contributed by atoms with E-state index in [9.17, 15) is 4.79 Å². The number of rotatable bonds is 3. The molecule has 4 rings (SSSR count). The quantitative estimate of drug-likeness (QED) is 0.732. The lowest BCUT2D eigenvalue weighted by molar-refractivity contribution is 0.0790. The van der Waals surface area contributed by atoms with Gasteiger partial charge < -0.3 is 4.90 Å². The molecule has 4 heterocycles. The molecule has 1 atom stereocenters. The highest BCUT2D eigenvalue weighted by atomic mass is 16.2. The van der Waals surface area contributed by atoms with Gasteiger partial charge in [0.05, 0.1) is 5.56 Å². The maximum atomic E-state index is 12.7. The van der Waals surface area contributed by atoms with Crippen LogP contribution in [0.1, 0.15) is 34.2 Å². The first-order valence-corrected chi connectivity index (χ1v) is 8.24. The van der Waals surface area contributed by atoms with Crippen LogP contribution < -0.4 is 0 Å². The van der Waals surface area contributed by atoms with Crippen LogP contribution in [-0.2, 0) is 0 Å². The Morgan fingerprint density at radius 2 is 2.12 bits per heavy atom. The maximum Gasteiger partial charge on any atom is 0.255 e. The molecule has 3 aromatic heterocycles. The molecule has 1 amide bonds. The van der Waals surface area contributed by atoms with E-state index in [1.807, 2.05) is 30.2 Å². The van der Waals surface area contributed by atoms with Crippen LogP contribution in [0.4, 0.5) is 0 Å². The van der Waals surface area contributed by atoms with Crippen molar-refractivity contribution in [3.05, 3.63) is 66.4 Å². The smallest absolute Gasteiger partial charge is 0.255 e. The monoisotopic (exact) mass is 334 g/mol. The van der Waals surface area contributed by atoms with Gasteiger partial charge in [0.15, 0.2) is 0 Å². The van der Waals surface area contributed by atoms with Crippen LogP contribution in [0, 0.1) is 6.92 Å². The van der Waals surface area contributed by atoms with E-state index in [1.165, 1.54) is 0 Å². The van der Waals surface area contributed by atoms with E-state index in [2.05, 4.69) is 19.9 Å². The number of amides is 1. The molecule has 3 aromatic rings. The number of carbonyl (C=O) groups is 1. The van der Waals surface area contributed by atoms with Gasteiger partial charge in [-0.25, -0.2) is 19.9 Å². The zero-order chi connectivity index (χ0) is 17.2. The van der Waals surface area contributed by atoms with Gasteiger partial charge >= 0.3 is 0 Å². The highest BCUT2D eigenvalue weighted by Gasteiger charge is 2.29. The predicted molar refractivity (Wildman–Crippen MR) is 91.4 cm³/mol. The van der Waals surface area contributed by atoms with Crippen molar-refractivity contribution in [2.24, 2.45) is 0 Å². The van der Waals surface area contributed by atoms with Gasteiger partial charge in [0.25, 0.3) is 5.91 Å². The number of pyridine rings is 1. The van der Waals surface area contributed by atoms with Crippen LogP contribution in [0.15, 0.2) is 49.3 Å². The Labute approximate surface area is 145 Å². The van der Waals surface area contributed by atoms with E-state index in [1.54, 1.807) is 35.6 Å². The second kappa shape index (κ2) is 6.43. The fourth-order valence-electron chi connectivity index (χ4n) is 3.06. The van der Waals surface area contributed by atoms with Gasteiger partial charge in [0.1, 0.15) is 18.0 Å². The molecule has 1 fully saturated rings. The third kappa shape index (κ3) is 3.13. The molecule has 0 bridgehead atoms. The van der Waals surface area contributed by atoms with E-state index in [0.29, 0.717) is 18.7 Å². The normalized spacial score (nSPS) is 17.0. The lowest BCUT2D eigenvalue weighted by atomic mass is 10.1. The molecule has 0 saturated carbocycles. The molecule has 0 unspecified atom stereocenters. The Balaban J connectivity index is 1.46. The molecular formula is C18H18N6O. The van der Waals surface area contributed by atoms with Gasteiger partial charge in [0.2, 0.25) is 0 Å². The van der Waals surface area contributed by atoms with Gasteiger partial charge in [-0.15, -0.1) is 0 Å². The number of aromatic nitrogens is 5. The minimum absolute atomic E-state index is 0.000154. The fourth-order valence-corrected chi connectivity index (χ4v) is 3.06. The Morgan fingerprint density at radius 3 is 2.84 bits per heavy atom. The van der Waals surface area contributed by atoms with E-state index in [-0.39, 0.29) is 11.8 Å². The van der Waals surface area contributed by atoms with Gasteiger partial charge in [0, 0.05) is 49.5 Å². The summed E-state index contributed by atoms with van der Waals surface area (Å²) in [6, 6.07) is 5.52. The minimum atomic E-state index is -0.000154. The van der Waals surface area contributed by atoms with Crippen LogP contribution in [0.2, 0.25) is 0 Å². The SMILES string of the molecule is Cc1ccnc([C@@H]2CCN(C(=O)c3ccc(-n4ccnc4)nc3)C2)n1. The lowest BCUT2D eigenvalue weighted by Gasteiger charge is -2.16. The molecule has 0 spiro atoms. The zero-order valence-electron chi connectivity index (χ0n) is 13.9. The number of nitrogens with zero attached hydrogens (tertiary/aromatic N) is 6. The number of carbonyl (C=O) groups excluding carboxylic acids is 1. The zero-order valence-corrected chi connectivity index (χ0v) is 13.9. The highest BCUT2D eigenvalue weighted by Crippen LogP contribution is 2.25. The van der Waals surface area contributed by atoms with Crippen LogP contribution in [0.5, 0.6) is 0 Å². The first-order valence-electron chi connectivity index (χ1n) is 8.24. The van der Waals surface area contributed by atoms with Gasteiger partial charge in [-0.1, -0.05) is 0 Å². The van der Waals surface area contributed by atoms with Crippen LogP contribution in [0.25, 0.3) is 5.82 Å². The Bertz CT molecular complexity index is 875. The number of imidazole rings is 1. The largest absolute Gasteiger partial charge is 0.338 e. The van der Waals surface area contributed by atoms with Crippen molar-refractivity contribution in [3.63, 3.8) is 0 Å². The lowest BCUT2D eigenvalue weighted by Crippen LogP contribution is -2.28. The van der Waals surface area contributed by atoms with Gasteiger partial charge in [-0.3, -0.25) is 9.36 Å². The molecule has 25 heavy (non-hydrogen) atoms. The van der Waals surface area contributed by atoms with Gasteiger partial charge in [-0.2, -0.15) is 0 Å². The second-order valence-electron chi connectivity index (χ2n) is 6.17. The van der Waals surface area contributed by atoms with Gasteiger partial charge in [-0.05, 0) is 31.5 Å². The van der Waals surface area contributed by atoms with E-state index in [0.717, 1.165) is 23.8 Å². The van der Waals surface area contributed by atoms with Crippen molar-refractivity contribution in [3.8, 4) is 5.82 Å². The predicted octanol–water partition coefficient (Wildman–Crippen LogP) is 2.00. The molecule has 1 aliphatic rings. The first-order chi connectivity index (χ1) is 12.2. The molecule has 0 aromatic carbocycles. The third-order valence-corrected chi connectivity index (χ3v) is 4.42. The number of hydrogen-bond donors (Lipinski definition) is 0. The van der Waals surface area contributed by atoms with Crippen LogP contribution in [-0.4, -0.2) is 48.4 Å². The summed E-state index contributed by atoms with van der Waals surface area (Å²) in [7, 11) is 0. The summed E-state index contributed by atoms with van der Waals surface area (Å²) in [4.78, 5) is 31.8. The highest BCUT2D eigenvalue weighted by molar-refractivity contribution is 5.94. The van der Waals surface area contributed by atoms with E-state index in [4.69, 9.17) is 0 Å². The topological polar surface area (TPSA) is 76.8 Å². The molecule has 0 aliphatic carbocycles. The van der Waals surface area contributed by atoms with Crippen molar-refractivity contribution >= 4 is 5.91 Å². The van der Waals surface area contributed by atoms with E-state index < -0.39 is 0 Å². The molecule has 7 heteroatoms. The Morgan fingerprint density at radius 1 is 1.20 bits per heavy atom. The molecule has 7 nitrogen and oxygen atoms in total. The van der Waals surface area contributed by atoms with Crippen molar-refractivity contribution in [1.29, 1.82) is 0 Å².